The molecular formula is C29H34NO4PSSi. The van der Waals surface area contributed by atoms with Gasteiger partial charge in [0.25, 0.3) is 0 Å². The second-order valence-corrected chi connectivity index (χ2v) is 19.8. The number of thiol groups is 1. The molecule has 194 valence electrons. The van der Waals surface area contributed by atoms with E-state index in [0.717, 1.165) is 22.0 Å². The number of esters is 1. The number of β-lactam (4-membered cyclic amide) rings is 1. The van der Waals surface area contributed by atoms with Crippen molar-refractivity contribution in [2.24, 2.45) is 5.92 Å². The Kier molecular flexibility index (Phi) is 8.49. The van der Waals surface area contributed by atoms with Gasteiger partial charge >= 0.3 is 5.97 Å². The molecule has 1 saturated heterocycles. The number of carbonyl (C=O) groups excluding carboxylic acids is 2. The number of benzene rings is 3. The molecule has 0 aromatic heterocycles. The Balaban J connectivity index is 2.10. The first-order chi connectivity index (χ1) is 17.7. The maximum atomic E-state index is 14.2. The van der Waals surface area contributed by atoms with Crippen molar-refractivity contribution < 1.29 is 19.4 Å². The third-order valence-electron chi connectivity index (χ3n) is 6.62. The van der Waals surface area contributed by atoms with E-state index in [9.17, 15) is 14.7 Å². The molecular weight excluding hydrogens is 517 g/mol. The van der Waals surface area contributed by atoms with Crippen LogP contribution in [0, 0.1) is 5.92 Å². The van der Waals surface area contributed by atoms with E-state index >= 15 is 0 Å². The van der Waals surface area contributed by atoms with Crippen LogP contribution in [-0.4, -0.2) is 54.0 Å². The van der Waals surface area contributed by atoms with Crippen molar-refractivity contribution in [2.45, 2.75) is 31.1 Å². The molecule has 1 heterocycles. The highest BCUT2D eigenvalue weighted by Gasteiger charge is 2.52. The van der Waals surface area contributed by atoms with Gasteiger partial charge in [0.15, 0.2) is 0 Å². The lowest BCUT2D eigenvalue weighted by atomic mass is 9.99. The number of rotatable bonds is 9. The van der Waals surface area contributed by atoms with Crippen molar-refractivity contribution in [3.05, 3.63) is 91.0 Å². The van der Waals surface area contributed by atoms with Gasteiger partial charge in [0.05, 0.1) is 24.5 Å². The Morgan fingerprint density at radius 1 is 0.892 bits per heavy atom. The standard InChI is InChI=1S/C29H34NO4PSSi/c1-37(2,3)20-19-34-29(33)27(30-26(32)25(21-31)28(30)36)35(22-13-7-4-8-14-22,23-15-9-5-10-16-23)24-17-11-6-12-18-24/h4-18,25,28,31,36H,19-21H2,1-3H3/t25-,28+/m0/s1. The van der Waals surface area contributed by atoms with Gasteiger partial charge in [-0.05, 0) is 22.0 Å². The maximum absolute atomic E-state index is 14.2. The molecule has 1 fully saturated rings. The lowest BCUT2D eigenvalue weighted by molar-refractivity contribution is -0.148. The highest BCUT2D eigenvalue weighted by molar-refractivity contribution is 7.96. The second-order valence-electron chi connectivity index (χ2n) is 10.4. The third kappa shape index (κ3) is 5.37. The van der Waals surface area contributed by atoms with Crippen LogP contribution in [0.15, 0.2) is 91.0 Å². The number of aliphatic hydroxyl groups excluding tert-OH is 1. The largest absolute Gasteiger partial charge is 0.461 e. The van der Waals surface area contributed by atoms with Crippen LogP contribution in [0.3, 0.4) is 0 Å². The highest BCUT2D eigenvalue weighted by atomic mass is 32.1. The first-order valence-corrected chi connectivity index (χ1v) is 18.5. The molecule has 37 heavy (non-hydrogen) atoms. The zero-order valence-electron chi connectivity index (χ0n) is 21.4. The van der Waals surface area contributed by atoms with Crippen molar-refractivity contribution in [1.29, 1.82) is 0 Å². The summed E-state index contributed by atoms with van der Waals surface area (Å²) in [4.78, 5) is 29.1. The van der Waals surface area contributed by atoms with E-state index in [-0.39, 0.29) is 12.5 Å². The van der Waals surface area contributed by atoms with Crippen LogP contribution in [0.1, 0.15) is 0 Å². The lowest BCUT2D eigenvalue weighted by Gasteiger charge is -2.47. The van der Waals surface area contributed by atoms with Crippen LogP contribution >= 0.6 is 19.5 Å². The Morgan fingerprint density at radius 3 is 1.68 bits per heavy atom. The van der Waals surface area contributed by atoms with E-state index in [2.05, 4.69) is 19.6 Å². The van der Waals surface area contributed by atoms with Crippen molar-refractivity contribution in [2.75, 3.05) is 13.2 Å². The molecule has 4 rings (SSSR count). The van der Waals surface area contributed by atoms with Gasteiger partial charge < -0.3 is 9.84 Å². The fourth-order valence-corrected chi connectivity index (χ4v) is 10.2. The molecule has 0 aliphatic carbocycles. The first-order valence-electron chi connectivity index (χ1n) is 12.4. The van der Waals surface area contributed by atoms with Gasteiger partial charge in [0, 0.05) is 15.0 Å². The van der Waals surface area contributed by atoms with Crippen molar-refractivity contribution in [1.82, 2.24) is 4.90 Å². The molecule has 2 atom stereocenters. The molecule has 3 aromatic carbocycles. The summed E-state index contributed by atoms with van der Waals surface area (Å²) in [5.41, 5.74) is 0.307. The number of hydrogen-bond donors (Lipinski definition) is 2. The molecule has 0 bridgehead atoms. The van der Waals surface area contributed by atoms with Crippen LogP contribution in [0.4, 0.5) is 0 Å². The summed E-state index contributed by atoms with van der Waals surface area (Å²) in [6.45, 7) is 3.75. The Morgan fingerprint density at radius 2 is 1.32 bits per heavy atom. The summed E-state index contributed by atoms with van der Waals surface area (Å²) < 4.78 is 5.97. The van der Waals surface area contributed by atoms with Crippen LogP contribution in [-0.2, 0) is 14.3 Å². The molecule has 1 N–H and O–H groups in total. The SMILES string of the molecule is C[Si](C)(C)CCOC(=O)C(N1C(=O)[C@H](CO)[C@H]1S)=P(c1ccccc1)(c1ccccc1)c1ccccc1. The zero-order valence-corrected chi connectivity index (χ0v) is 24.2. The number of carbonyl (C=O) groups is 2. The molecule has 0 radical (unpaired) electrons. The van der Waals surface area contributed by atoms with Crippen LogP contribution in [0.2, 0.25) is 25.7 Å². The number of ether oxygens (including phenoxy) is 1. The minimum absolute atomic E-state index is 0.291. The monoisotopic (exact) mass is 551 g/mol. The van der Waals surface area contributed by atoms with Gasteiger partial charge in [-0.1, -0.05) is 111 Å². The average molecular weight is 552 g/mol. The molecule has 1 aliphatic heterocycles. The molecule has 0 saturated carbocycles. The smallest absolute Gasteiger partial charge is 0.356 e. The topological polar surface area (TPSA) is 66.8 Å². The summed E-state index contributed by atoms with van der Waals surface area (Å²) in [7, 11) is -1.47. The quantitative estimate of drug-likeness (QED) is 0.140. The fraction of sp³-hybridized carbons (Fsp3) is 0.276. The van der Waals surface area contributed by atoms with Crippen molar-refractivity contribution >= 4 is 60.8 Å². The van der Waals surface area contributed by atoms with Gasteiger partial charge in [0.1, 0.15) is 5.42 Å². The van der Waals surface area contributed by atoms with E-state index in [1.165, 1.54) is 4.90 Å². The summed E-state index contributed by atoms with van der Waals surface area (Å²) in [5.74, 6) is -1.49. The van der Waals surface area contributed by atoms with Crippen LogP contribution < -0.4 is 15.9 Å². The Labute approximate surface area is 225 Å². The van der Waals surface area contributed by atoms with E-state index in [0.29, 0.717) is 12.0 Å². The van der Waals surface area contributed by atoms with E-state index in [4.69, 9.17) is 17.4 Å². The predicted molar refractivity (Wildman–Crippen MR) is 159 cm³/mol. The number of amides is 1. The average Bonchev–Trinajstić information content (AvgIpc) is 2.90. The summed E-state index contributed by atoms with van der Waals surface area (Å²) >= 11 is 4.70. The summed E-state index contributed by atoms with van der Waals surface area (Å²) in [6.07, 6.45) is 0. The minimum Gasteiger partial charge on any atom is -0.461 e. The lowest BCUT2D eigenvalue weighted by Crippen LogP contribution is -2.64. The summed E-state index contributed by atoms with van der Waals surface area (Å²) in [6, 6.07) is 30.5. The molecule has 0 unspecified atom stereocenters. The van der Waals surface area contributed by atoms with Crippen molar-refractivity contribution in [3.8, 4) is 0 Å². The fourth-order valence-electron chi connectivity index (χ4n) is 4.62. The van der Waals surface area contributed by atoms with Crippen molar-refractivity contribution in [3.63, 3.8) is 0 Å². The van der Waals surface area contributed by atoms with E-state index in [1.54, 1.807) is 0 Å². The molecule has 1 amide bonds. The minimum atomic E-state index is -2.91. The normalized spacial score (nSPS) is 17.8. The third-order valence-corrected chi connectivity index (χ3v) is 13.2. The van der Waals surface area contributed by atoms with Crippen LogP contribution in [0.5, 0.6) is 0 Å². The maximum Gasteiger partial charge on any atom is 0.356 e. The van der Waals surface area contributed by atoms with Gasteiger partial charge in [-0.2, -0.15) is 12.6 Å². The number of nitrogens with zero attached hydrogens (tertiary/aromatic N) is 1. The van der Waals surface area contributed by atoms with Gasteiger partial charge in [-0.25, -0.2) is 4.79 Å². The van der Waals surface area contributed by atoms with Gasteiger partial charge in [-0.15, -0.1) is 0 Å². The van der Waals surface area contributed by atoms with Gasteiger partial charge in [-0.3, -0.25) is 9.69 Å². The van der Waals surface area contributed by atoms with E-state index < -0.39 is 32.2 Å². The van der Waals surface area contributed by atoms with E-state index in [1.807, 2.05) is 91.0 Å². The molecule has 3 aromatic rings. The zero-order chi connectivity index (χ0) is 26.6. The molecule has 8 heteroatoms. The number of aliphatic hydroxyl groups is 1. The number of hydrogen-bond acceptors (Lipinski definition) is 5. The number of likely N-dealkylation sites (tertiary alicyclic amines) is 1. The molecule has 5 nitrogen and oxygen atoms in total. The first kappa shape index (κ1) is 27.5. The Bertz CT molecular complexity index is 1190. The predicted octanol–water partition coefficient (Wildman–Crippen LogP) is 3.70. The summed E-state index contributed by atoms with van der Waals surface area (Å²) in [5, 5.41) is 12.0. The molecule has 0 spiro atoms. The second kappa shape index (κ2) is 11.4. The highest BCUT2D eigenvalue weighted by Crippen LogP contribution is 2.49. The molecule has 1 aliphatic rings. The van der Waals surface area contributed by atoms with Gasteiger partial charge in [0.2, 0.25) is 5.91 Å². The Hall–Kier alpha value is -2.57. The van der Waals surface area contributed by atoms with Crippen LogP contribution in [0.25, 0.3) is 0 Å².